The molecule has 0 saturated carbocycles. The summed E-state index contributed by atoms with van der Waals surface area (Å²) in [6.07, 6.45) is 7.25. The fourth-order valence-corrected chi connectivity index (χ4v) is 4.92. The van der Waals surface area contributed by atoms with Crippen molar-refractivity contribution in [1.82, 2.24) is 15.0 Å². The molecule has 1 aromatic heterocycles. The number of ether oxygens (including phenoxy) is 1. The topological polar surface area (TPSA) is 68.1 Å². The van der Waals surface area contributed by atoms with Gasteiger partial charge >= 0.3 is 0 Å². The molecule has 0 saturated heterocycles. The largest absolute Gasteiger partial charge is 0.507 e. The molecule has 3 aromatic carbocycles. The van der Waals surface area contributed by atoms with Gasteiger partial charge in [0.25, 0.3) is 0 Å². The standard InChI is InChI=1S/C33H39N3O2/c1-6-7-8-9-10-11-20-38-26-18-19-27(28(37)21-26)31-34-32(29-22(2)14-12-15-23(29)3)36-33(35-31)30-24(4)16-13-17-25(30)5/h12-19,21,37H,6-11,20H2,1-5H3. The molecular formula is C33H39N3O2. The first kappa shape index (κ1) is 27.3. The third kappa shape index (κ3) is 6.39. The van der Waals surface area contributed by atoms with Crippen molar-refractivity contribution in [3.05, 3.63) is 76.9 Å². The van der Waals surface area contributed by atoms with E-state index >= 15 is 0 Å². The van der Waals surface area contributed by atoms with Crippen LogP contribution in [0.25, 0.3) is 34.2 Å². The maximum atomic E-state index is 11.0. The second-order valence-electron chi connectivity index (χ2n) is 10.1. The molecule has 0 atom stereocenters. The van der Waals surface area contributed by atoms with E-state index in [4.69, 9.17) is 19.7 Å². The van der Waals surface area contributed by atoms with Crippen LogP contribution >= 0.6 is 0 Å². The van der Waals surface area contributed by atoms with Crippen LogP contribution in [0.3, 0.4) is 0 Å². The number of phenols is 1. The molecule has 198 valence electrons. The number of nitrogens with zero attached hydrogens (tertiary/aromatic N) is 3. The molecule has 1 N–H and O–H groups in total. The van der Waals surface area contributed by atoms with Crippen molar-refractivity contribution in [3.8, 4) is 45.7 Å². The van der Waals surface area contributed by atoms with Gasteiger partial charge in [-0.15, -0.1) is 0 Å². The van der Waals surface area contributed by atoms with Gasteiger partial charge in [0, 0.05) is 17.2 Å². The van der Waals surface area contributed by atoms with Gasteiger partial charge in [-0.3, -0.25) is 0 Å². The lowest BCUT2D eigenvalue weighted by Gasteiger charge is -2.15. The molecule has 38 heavy (non-hydrogen) atoms. The molecule has 0 amide bonds. The Bertz CT molecular complexity index is 1290. The summed E-state index contributed by atoms with van der Waals surface area (Å²) in [6, 6.07) is 17.7. The molecule has 0 aliphatic carbocycles. The zero-order valence-corrected chi connectivity index (χ0v) is 23.3. The number of hydrogen-bond donors (Lipinski definition) is 1. The van der Waals surface area contributed by atoms with Gasteiger partial charge in [0.2, 0.25) is 0 Å². The summed E-state index contributed by atoms with van der Waals surface area (Å²) >= 11 is 0. The first-order valence-electron chi connectivity index (χ1n) is 13.7. The molecule has 5 heteroatoms. The minimum Gasteiger partial charge on any atom is -0.507 e. The molecule has 0 bridgehead atoms. The molecule has 0 unspecified atom stereocenters. The summed E-state index contributed by atoms with van der Waals surface area (Å²) < 4.78 is 5.92. The number of hydrogen-bond acceptors (Lipinski definition) is 5. The monoisotopic (exact) mass is 509 g/mol. The molecule has 4 aromatic rings. The number of rotatable bonds is 11. The summed E-state index contributed by atoms with van der Waals surface area (Å²) in [5.41, 5.74) is 6.91. The van der Waals surface area contributed by atoms with E-state index in [0.717, 1.165) is 46.2 Å². The fourth-order valence-electron chi connectivity index (χ4n) is 4.92. The highest BCUT2D eigenvalue weighted by Gasteiger charge is 2.19. The van der Waals surface area contributed by atoms with Crippen molar-refractivity contribution in [2.45, 2.75) is 73.1 Å². The van der Waals surface area contributed by atoms with Gasteiger partial charge in [0.1, 0.15) is 11.5 Å². The third-order valence-electron chi connectivity index (χ3n) is 7.02. The van der Waals surface area contributed by atoms with E-state index in [1.54, 1.807) is 6.07 Å². The highest BCUT2D eigenvalue weighted by molar-refractivity contribution is 5.74. The first-order valence-corrected chi connectivity index (χ1v) is 13.7. The van der Waals surface area contributed by atoms with Crippen molar-refractivity contribution in [2.75, 3.05) is 6.61 Å². The van der Waals surface area contributed by atoms with Crippen LogP contribution in [0.2, 0.25) is 0 Å². The predicted molar refractivity (Wildman–Crippen MR) is 156 cm³/mol. The minimum absolute atomic E-state index is 0.0940. The van der Waals surface area contributed by atoms with Crippen LogP contribution in [0.1, 0.15) is 67.7 Å². The van der Waals surface area contributed by atoms with Gasteiger partial charge < -0.3 is 9.84 Å². The second kappa shape index (κ2) is 12.7. The number of aromatic nitrogens is 3. The quantitative estimate of drug-likeness (QED) is 0.205. The number of aryl methyl sites for hydroxylation is 4. The summed E-state index contributed by atoms with van der Waals surface area (Å²) in [7, 11) is 0. The van der Waals surface area contributed by atoms with Gasteiger partial charge in [0.05, 0.1) is 12.2 Å². The lowest BCUT2D eigenvalue weighted by molar-refractivity contribution is 0.303. The van der Waals surface area contributed by atoms with Crippen LogP contribution in [-0.4, -0.2) is 26.7 Å². The Hall–Kier alpha value is -3.73. The Morgan fingerprint density at radius 3 is 1.66 bits per heavy atom. The van der Waals surface area contributed by atoms with Crippen LogP contribution in [0.5, 0.6) is 11.5 Å². The molecule has 0 aliphatic rings. The Labute approximate surface area is 227 Å². The molecule has 1 heterocycles. The van der Waals surface area contributed by atoms with Crippen LogP contribution in [-0.2, 0) is 0 Å². The average Bonchev–Trinajstić information content (AvgIpc) is 2.88. The van der Waals surface area contributed by atoms with E-state index in [0.29, 0.717) is 35.4 Å². The smallest absolute Gasteiger partial charge is 0.167 e. The second-order valence-corrected chi connectivity index (χ2v) is 10.1. The lowest BCUT2D eigenvalue weighted by Crippen LogP contribution is -2.04. The number of phenolic OH excluding ortho intramolecular Hbond substituents is 1. The minimum atomic E-state index is 0.0940. The maximum absolute atomic E-state index is 11.0. The zero-order valence-electron chi connectivity index (χ0n) is 23.3. The van der Waals surface area contributed by atoms with E-state index < -0.39 is 0 Å². The molecule has 0 fully saturated rings. The highest BCUT2D eigenvalue weighted by Crippen LogP contribution is 2.35. The number of benzene rings is 3. The molecular weight excluding hydrogens is 470 g/mol. The van der Waals surface area contributed by atoms with Crippen molar-refractivity contribution in [3.63, 3.8) is 0 Å². The van der Waals surface area contributed by atoms with Crippen LogP contribution < -0.4 is 4.74 Å². The Kier molecular flexibility index (Phi) is 9.11. The van der Waals surface area contributed by atoms with Gasteiger partial charge in [-0.1, -0.05) is 75.4 Å². The average molecular weight is 510 g/mol. The van der Waals surface area contributed by atoms with Crippen molar-refractivity contribution in [2.24, 2.45) is 0 Å². The fraction of sp³-hybridized carbons (Fsp3) is 0.364. The van der Waals surface area contributed by atoms with E-state index in [2.05, 4.69) is 58.9 Å². The first-order chi connectivity index (χ1) is 18.4. The molecule has 0 aliphatic heterocycles. The summed E-state index contributed by atoms with van der Waals surface area (Å²) in [5, 5.41) is 11.0. The molecule has 4 rings (SSSR count). The van der Waals surface area contributed by atoms with Crippen LogP contribution in [0.4, 0.5) is 0 Å². The predicted octanol–water partition coefficient (Wildman–Crippen LogP) is 8.55. The maximum Gasteiger partial charge on any atom is 0.167 e. The molecule has 0 spiro atoms. The SMILES string of the molecule is CCCCCCCCOc1ccc(-c2nc(-c3c(C)cccc3C)nc(-c3c(C)cccc3C)n2)c(O)c1. The van der Waals surface area contributed by atoms with E-state index in [1.165, 1.54) is 25.7 Å². The van der Waals surface area contributed by atoms with Crippen LogP contribution in [0, 0.1) is 27.7 Å². The van der Waals surface area contributed by atoms with Crippen LogP contribution in [0.15, 0.2) is 54.6 Å². The summed E-state index contributed by atoms with van der Waals surface area (Å²) in [6.45, 7) is 11.1. The third-order valence-corrected chi connectivity index (χ3v) is 7.02. The Morgan fingerprint density at radius 1 is 0.632 bits per heavy atom. The van der Waals surface area contributed by atoms with Gasteiger partial charge in [-0.25, -0.2) is 15.0 Å². The van der Waals surface area contributed by atoms with Crippen molar-refractivity contribution in [1.29, 1.82) is 0 Å². The van der Waals surface area contributed by atoms with Gasteiger partial charge in [-0.2, -0.15) is 0 Å². The van der Waals surface area contributed by atoms with E-state index in [9.17, 15) is 5.11 Å². The Balaban J connectivity index is 1.68. The molecule has 0 radical (unpaired) electrons. The lowest BCUT2D eigenvalue weighted by atomic mass is 10.0. The van der Waals surface area contributed by atoms with E-state index in [-0.39, 0.29) is 5.75 Å². The van der Waals surface area contributed by atoms with Crippen molar-refractivity contribution >= 4 is 0 Å². The number of aromatic hydroxyl groups is 1. The molecule has 5 nitrogen and oxygen atoms in total. The highest BCUT2D eigenvalue weighted by atomic mass is 16.5. The summed E-state index contributed by atoms with van der Waals surface area (Å²) in [4.78, 5) is 14.7. The Morgan fingerprint density at radius 2 is 1.13 bits per heavy atom. The van der Waals surface area contributed by atoms with Gasteiger partial charge in [-0.05, 0) is 68.5 Å². The van der Waals surface area contributed by atoms with E-state index in [1.807, 2.05) is 24.3 Å². The summed E-state index contributed by atoms with van der Waals surface area (Å²) in [5.74, 6) is 2.39. The van der Waals surface area contributed by atoms with Crippen molar-refractivity contribution < 1.29 is 9.84 Å². The normalized spacial score (nSPS) is 11.1. The zero-order chi connectivity index (χ0) is 27.1. The van der Waals surface area contributed by atoms with Gasteiger partial charge in [0.15, 0.2) is 17.5 Å². The number of unbranched alkanes of at least 4 members (excludes halogenated alkanes) is 5.